The van der Waals surface area contributed by atoms with Crippen molar-refractivity contribution in [3.8, 4) is 11.5 Å². The zero-order valence-corrected chi connectivity index (χ0v) is 25.9. The lowest BCUT2D eigenvalue weighted by Crippen LogP contribution is -2.55. The molecular weight excluding hydrogens is 574 g/mol. The Balaban J connectivity index is 1.55. The number of benzene rings is 2. The molecule has 1 saturated carbocycles. The first-order chi connectivity index (χ1) is 20.5. The Morgan fingerprint density at radius 1 is 0.905 bits per heavy atom. The molecule has 9 nitrogen and oxygen atoms in total. The molecule has 0 saturated heterocycles. The molecule has 3 rings (SSSR count). The van der Waals surface area contributed by atoms with Crippen LogP contribution < -0.4 is 20.7 Å². The number of thiol groups is 1. The number of thioether (sulfide) groups is 1. The standard InChI is InChI=1S/C31H43N3O6S2/c1-38-16-17-39-19-29(35)33-27(20-41)31(37)34-28(22-42-21-24-8-4-2-5-9-24)30(36)32-18-23-12-14-26(15-13-23)40-25-10-6-3-7-11-25/h3,6-7,10-15,24,27-28,41H,2,4-5,8-9,16-22H2,1H3,(H,32,36)(H,33,35)(H,34,37)/t27-,28-/m0/s1. The highest BCUT2D eigenvalue weighted by atomic mass is 32.2. The van der Waals surface area contributed by atoms with Crippen molar-refractivity contribution in [1.82, 2.24) is 16.0 Å². The fraction of sp³-hybridized carbons (Fsp3) is 0.516. The Hall–Kier alpha value is -2.73. The summed E-state index contributed by atoms with van der Waals surface area (Å²) in [6.45, 7) is 0.739. The van der Waals surface area contributed by atoms with E-state index in [9.17, 15) is 14.4 Å². The minimum atomic E-state index is -0.900. The van der Waals surface area contributed by atoms with Crippen molar-refractivity contribution in [2.75, 3.05) is 44.2 Å². The zero-order valence-electron chi connectivity index (χ0n) is 24.2. The first-order valence-corrected chi connectivity index (χ1v) is 16.2. The van der Waals surface area contributed by atoms with Crippen LogP contribution in [0.5, 0.6) is 11.5 Å². The zero-order chi connectivity index (χ0) is 30.0. The molecule has 11 heteroatoms. The number of methoxy groups -OCH3 is 1. The van der Waals surface area contributed by atoms with Gasteiger partial charge in [0.2, 0.25) is 17.7 Å². The Morgan fingerprint density at radius 3 is 2.31 bits per heavy atom. The van der Waals surface area contributed by atoms with Crippen LogP contribution in [0.15, 0.2) is 54.6 Å². The molecule has 2 aromatic rings. The van der Waals surface area contributed by atoms with Gasteiger partial charge in [-0.2, -0.15) is 24.4 Å². The van der Waals surface area contributed by atoms with Crippen molar-refractivity contribution < 1.29 is 28.6 Å². The molecule has 0 spiro atoms. The summed E-state index contributed by atoms with van der Waals surface area (Å²) in [6.07, 6.45) is 6.20. The number of hydrogen-bond acceptors (Lipinski definition) is 8. The van der Waals surface area contributed by atoms with Crippen molar-refractivity contribution in [2.24, 2.45) is 5.92 Å². The van der Waals surface area contributed by atoms with E-state index in [0.29, 0.717) is 30.6 Å². The number of carbonyl (C=O) groups excluding carboxylic acids is 3. The lowest BCUT2D eigenvalue weighted by atomic mass is 9.91. The summed E-state index contributed by atoms with van der Waals surface area (Å²) in [4.78, 5) is 38.6. The van der Waals surface area contributed by atoms with Crippen molar-refractivity contribution >= 4 is 42.1 Å². The molecule has 1 aliphatic rings. The minimum Gasteiger partial charge on any atom is -0.457 e. The average Bonchev–Trinajstić information content (AvgIpc) is 3.02. The molecule has 1 aliphatic carbocycles. The molecule has 0 aromatic heterocycles. The van der Waals surface area contributed by atoms with E-state index < -0.39 is 23.9 Å². The maximum absolute atomic E-state index is 13.3. The Labute approximate surface area is 258 Å². The summed E-state index contributed by atoms with van der Waals surface area (Å²) in [5.41, 5.74) is 0.901. The quantitative estimate of drug-likeness (QED) is 0.148. The summed E-state index contributed by atoms with van der Waals surface area (Å²) in [6, 6.07) is 15.4. The predicted molar refractivity (Wildman–Crippen MR) is 169 cm³/mol. The van der Waals surface area contributed by atoms with Crippen molar-refractivity contribution in [1.29, 1.82) is 0 Å². The molecule has 230 valence electrons. The van der Waals surface area contributed by atoms with Crippen LogP contribution in [0.2, 0.25) is 0 Å². The molecule has 3 amide bonds. The maximum Gasteiger partial charge on any atom is 0.246 e. The van der Waals surface area contributed by atoms with Gasteiger partial charge in [-0.25, -0.2) is 0 Å². The summed E-state index contributed by atoms with van der Waals surface area (Å²) in [5.74, 6) is 2.37. The third-order valence-corrected chi connectivity index (χ3v) is 8.51. The van der Waals surface area contributed by atoms with Crippen LogP contribution >= 0.6 is 24.4 Å². The highest BCUT2D eigenvalue weighted by Gasteiger charge is 2.26. The van der Waals surface area contributed by atoms with E-state index in [1.165, 1.54) is 32.1 Å². The molecule has 0 radical (unpaired) electrons. The first kappa shape index (κ1) is 33.8. The van der Waals surface area contributed by atoms with Crippen LogP contribution in [0.4, 0.5) is 0 Å². The molecule has 2 aromatic carbocycles. The summed E-state index contributed by atoms with van der Waals surface area (Å²) in [7, 11) is 1.54. The number of carbonyl (C=O) groups is 3. The SMILES string of the molecule is COCCOCC(=O)N[C@@H](CS)C(=O)N[C@@H](CSCC1CCCCC1)C(=O)NCc1ccc(Oc2ccccc2)cc1. The lowest BCUT2D eigenvalue weighted by molar-refractivity contribution is -0.132. The fourth-order valence-corrected chi connectivity index (χ4v) is 6.04. The van der Waals surface area contributed by atoms with E-state index >= 15 is 0 Å². The molecule has 42 heavy (non-hydrogen) atoms. The Bertz CT molecular complexity index is 1080. The van der Waals surface area contributed by atoms with E-state index in [1.54, 1.807) is 18.9 Å². The summed E-state index contributed by atoms with van der Waals surface area (Å²) in [5, 5.41) is 8.43. The second-order valence-electron chi connectivity index (χ2n) is 10.2. The van der Waals surface area contributed by atoms with Crippen LogP contribution in [0.1, 0.15) is 37.7 Å². The van der Waals surface area contributed by atoms with Gasteiger partial charge in [0.15, 0.2) is 0 Å². The second kappa shape index (κ2) is 19.5. The number of hydrogen-bond donors (Lipinski definition) is 4. The van der Waals surface area contributed by atoms with Gasteiger partial charge in [-0.3, -0.25) is 14.4 Å². The maximum atomic E-state index is 13.3. The first-order valence-electron chi connectivity index (χ1n) is 14.4. The van der Waals surface area contributed by atoms with Gasteiger partial charge in [-0.15, -0.1) is 0 Å². The second-order valence-corrected chi connectivity index (χ2v) is 11.7. The average molecular weight is 618 g/mol. The van der Waals surface area contributed by atoms with Gasteiger partial charge in [0.1, 0.15) is 30.2 Å². The van der Waals surface area contributed by atoms with Gasteiger partial charge >= 0.3 is 0 Å². The largest absolute Gasteiger partial charge is 0.457 e. The molecule has 3 N–H and O–H groups in total. The Morgan fingerprint density at radius 2 is 1.62 bits per heavy atom. The van der Waals surface area contributed by atoms with Crippen LogP contribution in [0, 0.1) is 5.92 Å². The summed E-state index contributed by atoms with van der Waals surface area (Å²) < 4.78 is 16.0. The predicted octanol–water partition coefficient (Wildman–Crippen LogP) is 3.97. The van der Waals surface area contributed by atoms with Crippen molar-refractivity contribution in [2.45, 2.75) is 50.7 Å². The monoisotopic (exact) mass is 617 g/mol. The molecule has 2 atom stereocenters. The van der Waals surface area contributed by atoms with Crippen LogP contribution in [-0.2, 0) is 30.4 Å². The highest BCUT2D eigenvalue weighted by molar-refractivity contribution is 7.99. The van der Waals surface area contributed by atoms with E-state index in [2.05, 4.69) is 28.6 Å². The highest BCUT2D eigenvalue weighted by Crippen LogP contribution is 2.27. The van der Waals surface area contributed by atoms with Gasteiger partial charge in [0.25, 0.3) is 0 Å². The van der Waals surface area contributed by atoms with Gasteiger partial charge in [-0.1, -0.05) is 49.6 Å². The smallest absolute Gasteiger partial charge is 0.246 e. The van der Waals surface area contributed by atoms with Gasteiger partial charge in [-0.05, 0) is 54.3 Å². The minimum absolute atomic E-state index is 0.0800. The van der Waals surface area contributed by atoms with Crippen LogP contribution in [0.25, 0.3) is 0 Å². The van der Waals surface area contributed by atoms with Gasteiger partial charge < -0.3 is 30.2 Å². The molecule has 0 aliphatic heterocycles. The molecule has 0 unspecified atom stereocenters. The molecule has 0 bridgehead atoms. The number of nitrogens with one attached hydrogen (secondary N) is 3. The third-order valence-electron chi connectivity index (χ3n) is 6.86. The van der Waals surface area contributed by atoms with E-state index in [-0.39, 0.29) is 24.9 Å². The van der Waals surface area contributed by atoms with Crippen LogP contribution in [0.3, 0.4) is 0 Å². The van der Waals surface area contributed by atoms with Gasteiger partial charge in [0.05, 0.1) is 13.2 Å². The third kappa shape index (κ3) is 12.6. The normalized spacial score (nSPS) is 14.9. The number of rotatable bonds is 18. The summed E-state index contributed by atoms with van der Waals surface area (Å²) >= 11 is 5.93. The number of ether oxygens (including phenoxy) is 3. The van der Waals surface area contributed by atoms with Crippen molar-refractivity contribution in [3.63, 3.8) is 0 Å². The topological polar surface area (TPSA) is 115 Å². The Kier molecular flexibility index (Phi) is 15.6. The van der Waals surface area contributed by atoms with Crippen LogP contribution in [-0.4, -0.2) is 74.0 Å². The molecule has 1 fully saturated rings. The van der Waals surface area contributed by atoms with Crippen molar-refractivity contribution in [3.05, 3.63) is 60.2 Å². The lowest BCUT2D eigenvalue weighted by Gasteiger charge is -2.24. The number of para-hydroxylation sites is 1. The number of amides is 3. The fourth-order valence-electron chi connectivity index (χ4n) is 4.51. The van der Waals surface area contributed by atoms with E-state index in [4.69, 9.17) is 14.2 Å². The van der Waals surface area contributed by atoms with E-state index in [1.807, 2.05) is 54.6 Å². The molecule has 0 heterocycles. The van der Waals surface area contributed by atoms with Gasteiger partial charge in [0, 0.05) is 25.2 Å². The molecular formula is C31H43N3O6S2. The van der Waals surface area contributed by atoms with E-state index in [0.717, 1.165) is 17.1 Å².